The molecule has 1 rings (SSSR count). The number of nitrogens with two attached hydrogens (primary N) is 1. The Balaban J connectivity index is 2.43. The monoisotopic (exact) mass is 233 g/mol. The lowest BCUT2D eigenvalue weighted by atomic mass is 10.1. The Hall–Kier alpha value is -1.61. The van der Waals surface area contributed by atoms with Crippen LogP contribution in [0.15, 0.2) is 30.3 Å². The first-order valence-corrected chi connectivity index (χ1v) is 5.90. The van der Waals surface area contributed by atoms with Crippen LogP contribution in [0.1, 0.15) is 30.9 Å². The number of hydrogen-bond donors (Lipinski definition) is 1. The summed E-state index contributed by atoms with van der Waals surface area (Å²) in [6.07, 6.45) is 5.13. The lowest BCUT2D eigenvalue weighted by Gasteiger charge is -1.99. The highest BCUT2D eigenvalue weighted by Crippen LogP contribution is 2.05. The fraction of sp³-hybridized carbons (Fsp3) is 0.357. The number of ether oxygens (including phenoxy) is 1. The SMILES string of the molecule is CCCCOC(=O)/C=C/c1ccc(CN)cc1. The highest BCUT2D eigenvalue weighted by atomic mass is 16.5. The predicted octanol–water partition coefficient (Wildman–Crippen LogP) is 2.50. The number of benzene rings is 1. The number of unbranched alkanes of at least 4 members (excludes halogenated alkanes) is 1. The number of carbonyl (C=O) groups excluding carboxylic acids is 1. The van der Waals surface area contributed by atoms with E-state index in [9.17, 15) is 4.79 Å². The summed E-state index contributed by atoms with van der Waals surface area (Å²) >= 11 is 0. The molecule has 2 N–H and O–H groups in total. The van der Waals surface area contributed by atoms with E-state index in [1.165, 1.54) is 6.08 Å². The van der Waals surface area contributed by atoms with E-state index in [4.69, 9.17) is 10.5 Å². The summed E-state index contributed by atoms with van der Waals surface area (Å²) in [6, 6.07) is 7.75. The Morgan fingerprint density at radius 1 is 1.35 bits per heavy atom. The van der Waals surface area contributed by atoms with Crippen molar-refractivity contribution in [2.75, 3.05) is 6.61 Å². The van der Waals surface area contributed by atoms with Gasteiger partial charge in [0.25, 0.3) is 0 Å². The van der Waals surface area contributed by atoms with Crippen molar-refractivity contribution >= 4 is 12.0 Å². The standard InChI is InChI=1S/C14H19NO2/c1-2-3-10-17-14(16)9-8-12-4-6-13(11-15)7-5-12/h4-9H,2-3,10-11,15H2,1H3/b9-8+. The Bertz CT molecular complexity index is 368. The molecule has 0 aliphatic heterocycles. The third kappa shape index (κ3) is 5.31. The fourth-order valence-corrected chi connectivity index (χ4v) is 1.29. The Labute approximate surface area is 102 Å². The Morgan fingerprint density at radius 2 is 2.06 bits per heavy atom. The van der Waals surface area contributed by atoms with Gasteiger partial charge in [-0.25, -0.2) is 4.79 Å². The van der Waals surface area contributed by atoms with Gasteiger partial charge in [-0.2, -0.15) is 0 Å². The summed E-state index contributed by atoms with van der Waals surface area (Å²) in [4.78, 5) is 11.3. The van der Waals surface area contributed by atoms with Crippen LogP contribution in [-0.4, -0.2) is 12.6 Å². The second kappa shape index (κ2) is 7.63. The third-order valence-corrected chi connectivity index (χ3v) is 2.37. The molecule has 0 aromatic heterocycles. The van der Waals surface area contributed by atoms with E-state index in [2.05, 4.69) is 6.92 Å². The van der Waals surface area contributed by atoms with Crippen molar-refractivity contribution in [3.8, 4) is 0 Å². The van der Waals surface area contributed by atoms with Crippen molar-refractivity contribution in [1.29, 1.82) is 0 Å². The second-order valence-corrected chi connectivity index (χ2v) is 3.80. The smallest absolute Gasteiger partial charge is 0.330 e. The van der Waals surface area contributed by atoms with Gasteiger partial charge in [0.05, 0.1) is 6.61 Å². The molecule has 1 aromatic carbocycles. The quantitative estimate of drug-likeness (QED) is 0.466. The molecule has 1 aromatic rings. The van der Waals surface area contributed by atoms with E-state index >= 15 is 0 Å². The van der Waals surface area contributed by atoms with E-state index in [-0.39, 0.29) is 5.97 Å². The summed E-state index contributed by atoms with van der Waals surface area (Å²) < 4.78 is 5.00. The first-order valence-electron chi connectivity index (χ1n) is 5.90. The normalized spacial score (nSPS) is 10.7. The van der Waals surface area contributed by atoms with Crippen molar-refractivity contribution in [2.24, 2.45) is 5.73 Å². The topological polar surface area (TPSA) is 52.3 Å². The van der Waals surface area contributed by atoms with Crippen molar-refractivity contribution in [2.45, 2.75) is 26.3 Å². The Kier molecular flexibility index (Phi) is 6.04. The molecule has 0 atom stereocenters. The van der Waals surface area contributed by atoms with Gasteiger partial charge < -0.3 is 10.5 Å². The molecule has 0 saturated carbocycles. The molecule has 0 aliphatic carbocycles. The molecule has 0 unspecified atom stereocenters. The highest BCUT2D eigenvalue weighted by molar-refractivity contribution is 5.87. The predicted molar refractivity (Wildman–Crippen MR) is 69.2 cm³/mol. The molecule has 0 bridgehead atoms. The van der Waals surface area contributed by atoms with E-state index in [0.717, 1.165) is 24.0 Å². The third-order valence-electron chi connectivity index (χ3n) is 2.37. The number of esters is 1. The van der Waals surface area contributed by atoms with Crippen LogP contribution in [0, 0.1) is 0 Å². The van der Waals surface area contributed by atoms with Gasteiger partial charge in [-0.1, -0.05) is 37.6 Å². The van der Waals surface area contributed by atoms with Gasteiger partial charge >= 0.3 is 5.97 Å². The number of hydrogen-bond acceptors (Lipinski definition) is 3. The lowest BCUT2D eigenvalue weighted by Crippen LogP contribution is -2.01. The van der Waals surface area contributed by atoms with Gasteiger partial charge in [-0.15, -0.1) is 0 Å². The largest absolute Gasteiger partial charge is 0.463 e. The van der Waals surface area contributed by atoms with Crippen LogP contribution in [0.3, 0.4) is 0 Å². The zero-order chi connectivity index (χ0) is 12.5. The van der Waals surface area contributed by atoms with Crippen LogP contribution < -0.4 is 5.73 Å². The molecular weight excluding hydrogens is 214 g/mol. The number of carbonyl (C=O) groups is 1. The van der Waals surface area contributed by atoms with E-state index in [1.54, 1.807) is 6.08 Å². The zero-order valence-corrected chi connectivity index (χ0v) is 10.2. The average molecular weight is 233 g/mol. The first kappa shape index (κ1) is 13.5. The van der Waals surface area contributed by atoms with Crippen LogP contribution in [0.4, 0.5) is 0 Å². The fourth-order valence-electron chi connectivity index (χ4n) is 1.29. The summed E-state index contributed by atoms with van der Waals surface area (Å²) in [5.41, 5.74) is 7.54. The summed E-state index contributed by atoms with van der Waals surface area (Å²) in [7, 11) is 0. The van der Waals surface area contributed by atoms with Crippen LogP contribution in [-0.2, 0) is 16.1 Å². The maximum absolute atomic E-state index is 11.3. The van der Waals surface area contributed by atoms with E-state index in [0.29, 0.717) is 13.2 Å². The molecule has 0 heterocycles. The molecule has 0 aliphatic rings. The first-order chi connectivity index (χ1) is 8.26. The number of rotatable bonds is 6. The van der Waals surface area contributed by atoms with Gasteiger partial charge in [0.2, 0.25) is 0 Å². The van der Waals surface area contributed by atoms with Crippen molar-refractivity contribution in [3.63, 3.8) is 0 Å². The molecule has 0 amide bonds. The van der Waals surface area contributed by atoms with Crippen LogP contribution in [0.25, 0.3) is 6.08 Å². The van der Waals surface area contributed by atoms with Crippen LogP contribution in [0.2, 0.25) is 0 Å². The van der Waals surface area contributed by atoms with Crippen molar-refractivity contribution in [1.82, 2.24) is 0 Å². The summed E-state index contributed by atoms with van der Waals surface area (Å²) in [5.74, 6) is -0.290. The molecular formula is C14H19NO2. The minimum atomic E-state index is -0.290. The van der Waals surface area contributed by atoms with E-state index < -0.39 is 0 Å². The van der Waals surface area contributed by atoms with Gasteiger partial charge in [-0.05, 0) is 23.6 Å². The molecule has 92 valence electrons. The van der Waals surface area contributed by atoms with E-state index in [1.807, 2.05) is 24.3 Å². The molecule has 3 nitrogen and oxygen atoms in total. The zero-order valence-electron chi connectivity index (χ0n) is 10.2. The van der Waals surface area contributed by atoms with Gasteiger partial charge in [0, 0.05) is 12.6 Å². The summed E-state index contributed by atoms with van der Waals surface area (Å²) in [6.45, 7) is 3.08. The van der Waals surface area contributed by atoms with Crippen LogP contribution >= 0.6 is 0 Å². The highest BCUT2D eigenvalue weighted by Gasteiger charge is 1.96. The Morgan fingerprint density at radius 3 is 2.65 bits per heavy atom. The average Bonchev–Trinajstić information content (AvgIpc) is 2.37. The van der Waals surface area contributed by atoms with Gasteiger partial charge in [0.15, 0.2) is 0 Å². The lowest BCUT2D eigenvalue weighted by molar-refractivity contribution is -0.137. The maximum atomic E-state index is 11.3. The molecule has 3 heteroatoms. The van der Waals surface area contributed by atoms with Crippen LogP contribution in [0.5, 0.6) is 0 Å². The molecule has 0 fully saturated rings. The van der Waals surface area contributed by atoms with Gasteiger partial charge in [-0.3, -0.25) is 0 Å². The molecule has 17 heavy (non-hydrogen) atoms. The minimum Gasteiger partial charge on any atom is -0.463 e. The van der Waals surface area contributed by atoms with Crippen molar-refractivity contribution in [3.05, 3.63) is 41.5 Å². The molecule has 0 saturated heterocycles. The van der Waals surface area contributed by atoms with Crippen molar-refractivity contribution < 1.29 is 9.53 Å². The maximum Gasteiger partial charge on any atom is 0.330 e. The molecule has 0 spiro atoms. The van der Waals surface area contributed by atoms with Gasteiger partial charge in [0.1, 0.15) is 0 Å². The molecule has 0 radical (unpaired) electrons. The second-order valence-electron chi connectivity index (χ2n) is 3.80. The minimum absolute atomic E-state index is 0.290. The summed E-state index contributed by atoms with van der Waals surface area (Å²) in [5, 5.41) is 0.